The predicted octanol–water partition coefficient (Wildman–Crippen LogP) is 3.68. The molecule has 0 atom stereocenters. The standard InChI is InChI=1S/C20H19ClN6O3/c21-15-5-6-17(26-13-22-12-23-26)16(11-15)24-20(28)14-7-9-25(10-8-14)18-3-1-2-4-19(18)27(29)30/h1-6,11-14H,7-10H2,(H,24,28). The molecule has 3 aromatic rings. The van der Waals surface area contributed by atoms with E-state index in [1.807, 2.05) is 4.90 Å². The van der Waals surface area contributed by atoms with Crippen LogP contribution < -0.4 is 10.2 Å². The van der Waals surface area contributed by atoms with Crippen LogP contribution in [-0.2, 0) is 4.79 Å². The van der Waals surface area contributed by atoms with Gasteiger partial charge < -0.3 is 10.2 Å². The number of nitrogens with zero attached hydrogens (tertiary/aromatic N) is 5. The number of hydrogen-bond acceptors (Lipinski definition) is 6. The average molecular weight is 427 g/mol. The van der Waals surface area contributed by atoms with Crippen molar-refractivity contribution in [2.75, 3.05) is 23.3 Å². The molecule has 10 heteroatoms. The third kappa shape index (κ3) is 4.11. The molecule has 2 heterocycles. The molecule has 0 bridgehead atoms. The van der Waals surface area contributed by atoms with E-state index in [9.17, 15) is 14.9 Å². The highest BCUT2D eigenvalue weighted by molar-refractivity contribution is 6.31. The van der Waals surface area contributed by atoms with E-state index in [1.165, 1.54) is 12.4 Å². The van der Waals surface area contributed by atoms with E-state index in [-0.39, 0.29) is 22.4 Å². The van der Waals surface area contributed by atoms with E-state index in [2.05, 4.69) is 15.4 Å². The van der Waals surface area contributed by atoms with Crippen LogP contribution in [0.4, 0.5) is 17.1 Å². The molecule has 1 N–H and O–H groups in total. The normalized spacial score (nSPS) is 14.5. The lowest BCUT2D eigenvalue weighted by Gasteiger charge is -2.32. The molecule has 0 saturated carbocycles. The fourth-order valence-electron chi connectivity index (χ4n) is 3.64. The summed E-state index contributed by atoms with van der Waals surface area (Å²) in [5, 5.41) is 18.9. The van der Waals surface area contributed by atoms with Gasteiger partial charge in [-0.15, -0.1) is 0 Å². The molecule has 4 rings (SSSR count). The number of aromatic nitrogens is 3. The van der Waals surface area contributed by atoms with Crippen molar-refractivity contribution < 1.29 is 9.72 Å². The minimum absolute atomic E-state index is 0.0804. The van der Waals surface area contributed by atoms with Gasteiger partial charge in [0, 0.05) is 30.1 Å². The van der Waals surface area contributed by atoms with Crippen LogP contribution in [0, 0.1) is 16.0 Å². The van der Waals surface area contributed by atoms with Crippen LogP contribution in [0.3, 0.4) is 0 Å². The number of nitro groups is 1. The van der Waals surface area contributed by atoms with Crippen molar-refractivity contribution in [3.05, 3.63) is 70.3 Å². The Balaban J connectivity index is 1.45. The topological polar surface area (TPSA) is 106 Å². The van der Waals surface area contributed by atoms with Gasteiger partial charge in [-0.2, -0.15) is 5.10 Å². The number of para-hydroxylation sites is 2. The largest absolute Gasteiger partial charge is 0.366 e. The quantitative estimate of drug-likeness (QED) is 0.492. The van der Waals surface area contributed by atoms with Gasteiger partial charge >= 0.3 is 0 Å². The van der Waals surface area contributed by atoms with Crippen molar-refractivity contribution in [3.8, 4) is 5.69 Å². The van der Waals surface area contributed by atoms with E-state index < -0.39 is 0 Å². The molecule has 0 aliphatic carbocycles. The predicted molar refractivity (Wildman–Crippen MR) is 113 cm³/mol. The second kappa shape index (κ2) is 8.50. The molecule has 1 amide bonds. The van der Waals surface area contributed by atoms with Crippen LogP contribution in [0.1, 0.15) is 12.8 Å². The molecule has 0 unspecified atom stereocenters. The van der Waals surface area contributed by atoms with E-state index in [0.717, 1.165) is 0 Å². The minimum Gasteiger partial charge on any atom is -0.366 e. The molecule has 1 aliphatic rings. The summed E-state index contributed by atoms with van der Waals surface area (Å²) in [5.41, 5.74) is 1.89. The molecule has 1 saturated heterocycles. The zero-order valence-electron chi connectivity index (χ0n) is 15.9. The molecule has 9 nitrogen and oxygen atoms in total. The molecule has 30 heavy (non-hydrogen) atoms. The van der Waals surface area contributed by atoms with Crippen LogP contribution >= 0.6 is 11.6 Å². The number of nitro benzene ring substituents is 1. The highest BCUT2D eigenvalue weighted by Gasteiger charge is 2.28. The Morgan fingerprint density at radius 1 is 1.17 bits per heavy atom. The number of amides is 1. The van der Waals surface area contributed by atoms with Gasteiger partial charge in [-0.3, -0.25) is 14.9 Å². The first-order chi connectivity index (χ1) is 14.5. The maximum atomic E-state index is 12.9. The molecule has 1 aromatic heterocycles. The van der Waals surface area contributed by atoms with Crippen LogP contribution in [-0.4, -0.2) is 38.7 Å². The molecule has 2 aromatic carbocycles. The number of carbonyl (C=O) groups excluding carboxylic acids is 1. The summed E-state index contributed by atoms with van der Waals surface area (Å²) in [6.45, 7) is 1.13. The Hall–Kier alpha value is -3.46. The summed E-state index contributed by atoms with van der Waals surface area (Å²) in [6.07, 6.45) is 4.15. The highest BCUT2D eigenvalue weighted by atomic mass is 35.5. The first-order valence-corrected chi connectivity index (χ1v) is 9.84. The number of piperidine rings is 1. The van der Waals surface area contributed by atoms with Crippen LogP contribution in [0.2, 0.25) is 5.02 Å². The van der Waals surface area contributed by atoms with Crippen molar-refractivity contribution in [2.24, 2.45) is 5.92 Å². The molecule has 0 radical (unpaired) electrons. The number of nitrogens with one attached hydrogen (secondary N) is 1. The lowest BCUT2D eigenvalue weighted by atomic mass is 9.95. The SMILES string of the molecule is O=C(Nc1cc(Cl)ccc1-n1cncn1)C1CCN(c2ccccc2[N+](=O)[O-])CC1. The Kier molecular flexibility index (Phi) is 5.62. The number of carbonyl (C=O) groups is 1. The van der Waals surface area contributed by atoms with E-state index in [0.29, 0.717) is 48.0 Å². The fourth-order valence-corrected chi connectivity index (χ4v) is 3.82. The van der Waals surface area contributed by atoms with Crippen molar-refractivity contribution in [3.63, 3.8) is 0 Å². The second-order valence-corrected chi connectivity index (χ2v) is 7.43. The zero-order chi connectivity index (χ0) is 21.1. The van der Waals surface area contributed by atoms with Crippen LogP contribution in [0.15, 0.2) is 55.1 Å². The van der Waals surface area contributed by atoms with Crippen LogP contribution in [0.5, 0.6) is 0 Å². The van der Waals surface area contributed by atoms with Gasteiger partial charge in [-0.25, -0.2) is 9.67 Å². The minimum atomic E-state index is -0.376. The molecular formula is C20H19ClN6O3. The van der Waals surface area contributed by atoms with Crippen molar-refractivity contribution in [1.29, 1.82) is 0 Å². The number of anilines is 2. The molecule has 1 aliphatic heterocycles. The number of hydrogen-bond donors (Lipinski definition) is 1. The van der Waals surface area contributed by atoms with E-state index in [1.54, 1.807) is 47.4 Å². The third-order valence-corrected chi connectivity index (χ3v) is 5.40. The van der Waals surface area contributed by atoms with Crippen LogP contribution in [0.25, 0.3) is 5.69 Å². The van der Waals surface area contributed by atoms with Gasteiger partial charge in [0.15, 0.2) is 0 Å². The van der Waals surface area contributed by atoms with E-state index >= 15 is 0 Å². The van der Waals surface area contributed by atoms with Crippen molar-refractivity contribution in [1.82, 2.24) is 14.8 Å². The first kappa shape index (κ1) is 19.8. The Labute approximate surface area is 177 Å². The number of benzene rings is 2. The molecule has 0 spiro atoms. The van der Waals surface area contributed by atoms with Gasteiger partial charge in [-0.05, 0) is 37.1 Å². The number of rotatable bonds is 5. The summed E-state index contributed by atoms with van der Waals surface area (Å²) in [5.74, 6) is -0.313. The van der Waals surface area contributed by atoms with Gasteiger partial charge in [-0.1, -0.05) is 23.7 Å². The third-order valence-electron chi connectivity index (χ3n) is 5.17. The lowest BCUT2D eigenvalue weighted by Crippen LogP contribution is -2.38. The lowest BCUT2D eigenvalue weighted by molar-refractivity contribution is -0.384. The number of halogens is 1. The van der Waals surface area contributed by atoms with E-state index in [4.69, 9.17) is 11.6 Å². The van der Waals surface area contributed by atoms with Gasteiger partial charge in [0.05, 0.1) is 16.3 Å². The Morgan fingerprint density at radius 3 is 2.63 bits per heavy atom. The summed E-state index contributed by atoms with van der Waals surface area (Å²) in [6, 6.07) is 11.8. The monoisotopic (exact) mass is 426 g/mol. The zero-order valence-corrected chi connectivity index (χ0v) is 16.7. The van der Waals surface area contributed by atoms with Gasteiger partial charge in [0.1, 0.15) is 18.3 Å². The Bertz CT molecular complexity index is 1060. The first-order valence-electron chi connectivity index (χ1n) is 9.46. The van der Waals surface area contributed by atoms with Gasteiger partial charge in [0.2, 0.25) is 5.91 Å². The molecule has 1 fully saturated rings. The second-order valence-electron chi connectivity index (χ2n) is 7.00. The van der Waals surface area contributed by atoms with Gasteiger partial charge in [0.25, 0.3) is 5.69 Å². The summed E-state index contributed by atoms with van der Waals surface area (Å²) < 4.78 is 1.56. The Morgan fingerprint density at radius 2 is 1.93 bits per heavy atom. The molecular weight excluding hydrogens is 408 g/mol. The maximum absolute atomic E-state index is 12.9. The van der Waals surface area contributed by atoms with Crippen molar-refractivity contribution >= 4 is 34.6 Å². The summed E-state index contributed by atoms with van der Waals surface area (Å²) >= 11 is 6.12. The maximum Gasteiger partial charge on any atom is 0.292 e. The smallest absolute Gasteiger partial charge is 0.292 e. The molecule has 154 valence electrons. The average Bonchev–Trinajstić information content (AvgIpc) is 3.28. The highest BCUT2D eigenvalue weighted by Crippen LogP contribution is 2.32. The van der Waals surface area contributed by atoms with Crippen molar-refractivity contribution in [2.45, 2.75) is 12.8 Å². The summed E-state index contributed by atoms with van der Waals surface area (Å²) in [7, 11) is 0. The fraction of sp³-hybridized carbons (Fsp3) is 0.250. The summed E-state index contributed by atoms with van der Waals surface area (Å²) in [4.78, 5) is 29.7.